The fraction of sp³-hybridized carbons (Fsp3) is 0.550. The molecule has 2 saturated heterocycles. The van der Waals surface area contributed by atoms with Crippen LogP contribution in [0.4, 0.5) is 0 Å². The van der Waals surface area contributed by atoms with Crippen LogP contribution in [0.1, 0.15) is 38.2 Å². The maximum atomic E-state index is 12.0. The number of nitrogens with zero attached hydrogens (tertiary/aromatic N) is 2. The molecule has 8 heteroatoms. The number of hydrazone groups is 1. The van der Waals surface area contributed by atoms with Gasteiger partial charge in [-0.25, -0.2) is 0 Å². The molecule has 28 heavy (non-hydrogen) atoms. The highest BCUT2D eigenvalue weighted by atomic mass is 32.1. The van der Waals surface area contributed by atoms with Crippen LogP contribution in [0.2, 0.25) is 0 Å². The number of ether oxygens (including phenoxy) is 2. The molecule has 7 nitrogen and oxygen atoms in total. The summed E-state index contributed by atoms with van der Waals surface area (Å²) in [6.07, 6.45) is 4.57. The van der Waals surface area contributed by atoms with Gasteiger partial charge in [-0.15, -0.1) is 0 Å². The maximum Gasteiger partial charge on any atom is 0.260 e. The van der Waals surface area contributed by atoms with Crippen LogP contribution in [0, 0.1) is 0 Å². The largest absolute Gasteiger partial charge is 0.484 e. The Morgan fingerprint density at radius 1 is 1.29 bits per heavy atom. The van der Waals surface area contributed by atoms with Gasteiger partial charge < -0.3 is 19.7 Å². The van der Waals surface area contributed by atoms with Gasteiger partial charge in [0.25, 0.3) is 5.91 Å². The van der Waals surface area contributed by atoms with Crippen LogP contribution in [0.25, 0.3) is 0 Å². The zero-order valence-electron chi connectivity index (χ0n) is 16.3. The van der Waals surface area contributed by atoms with Crippen LogP contribution in [0.15, 0.2) is 29.4 Å². The minimum Gasteiger partial charge on any atom is -0.484 e. The molecule has 1 atom stereocenters. The van der Waals surface area contributed by atoms with Crippen molar-refractivity contribution in [3.05, 3.63) is 29.8 Å². The van der Waals surface area contributed by atoms with Crippen LogP contribution in [-0.2, 0) is 9.53 Å². The van der Waals surface area contributed by atoms with E-state index in [9.17, 15) is 4.79 Å². The van der Waals surface area contributed by atoms with Crippen LogP contribution >= 0.6 is 12.2 Å². The van der Waals surface area contributed by atoms with Gasteiger partial charge in [0.05, 0.1) is 11.8 Å². The molecule has 1 aromatic rings. The van der Waals surface area contributed by atoms with Crippen molar-refractivity contribution in [2.24, 2.45) is 5.10 Å². The van der Waals surface area contributed by atoms with Gasteiger partial charge in [-0.05, 0) is 74.7 Å². The second-order valence-corrected chi connectivity index (χ2v) is 7.46. The lowest BCUT2D eigenvalue weighted by Crippen LogP contribution is -2.37. The first-order valence-electron chi connectivity index (χ1n) is 9.82. The van der Waals surface area contributed by atoms with Crippen molar-refractivity contribution in [2.75, 3.05) is 32.8 Å². The fourth-order valence-electron chi connectivity index (χ4n) is 3.25. The molecular weight excluding hydrogens is 376 g/mol. The highest BCUT2D eigenvalue weighted by molar-refractivity contribution is 7.80. The van der Waals surface area contributed by atoms with Gasteiger partial charge in [0.2, 0.25) is 0 Å². The zero-order chi connectivity index (χ0) is 19.8. The van der Waals surface area contributed by atoms with Crippen molar-refractivity contribution in [3.8, 4) is 5.75 Å². The van der Waals surface area contributed by atoms with Crippen LogP contribution in [0.5, 0.6) is 5.75 Å². The number of hydrogen-bond donors (Lipinski definition) is 2. The van der Waals surface area contributed by atoms with E-state index < -0.39 is 0 Å². The molecule has 2 aliphatic heterocycles. The van der Waals surface area contributed by atoms with E-state index in [0.717, 1.165) is 56.7 Å². The lowest BCUT2D eigenvalue weighted by Gasteiger charge is -2.15. The number of nitrogens with one attached hydrogen (secondary N) is 2. The van der Waals surface area contributed by atoms with E-state index in [0.29, 0.717) is 17.4 Å². The van der Waals surface area contributed by atoms with E-state index in [4.69, 9.17) is 21.7 Å². The highest BCUT2D eigenvalue weighted by Gasteiger charge is 2.18. The number of likely N-dealkylation sites (tertiary alicyclic amines) is 1. The van der Waals surface area contributed by atoms with Gasteiger partial charge in [0.1, 0.15) is 5.75 Å². The van der Waals surface area contributed by atoms with Crippen molar-refractivity contribution >= 4 is 28.9 Å². The molecule has 1 unspecified atom stereocenters. The summed E-state index contributed by atoms with van der Waals surface area (Å²) in [5, 5.41) is 7.92. The Kier molecular flexibility index (Phi) is 7.62. The van der Waals surface area contributed by atoms with E-state index in [1.807, 2.05) is 36.1 Å². The third-order valence-corrected chi connectivity index (χ3v) is 5.17. The van der Waals surface area contributed by atoms with E-state index in [1.54, 1.807) is 0 Å². The molecule has 0 bridgehead atoms. The Morgan fingerprint density at radius 3 is 2.71 bits per heavy atom. The molecule has 2 N–H and O–H groups in total. The quantitative estimate of drug-likeness (QED) is 0.412. The van der Waals surface area contributed by atoms with Crippen molar-refractivity contribution in [2.45, 2.75) is 38.7 Å². The normalized spacial score (nSPS) is 19.5. The van der Waals surface area contributed by atoms with Crippen molar-refractivity contribution in [1.29, 1.82) is 0 Å². The van der Waals surface area contributed by atoms with Gasteiger partial charge in [-0.1, -0.05) is 0 Å². The molecule has 152 valence electrons. The van der Waals surface area contributed by atoms with Gasteiger partial charge in [0, 0.05) is 26.2 Å². The summed E-state index contributed by atoms with van der Waals surface area (Å²) in [4.78, 5) is 13.9. The third-order valence-electron chi connectivity index (χ3n) is 4.93. The molecule has 2 fully saturated rings. The Labute approximate surface area is 171 Å². The van der Waals surface area contributed by atoms with Crippen molar-refractivity contribution in [1.82, 2.24) is 15.6 Å². The summed E-state index contributed by atoms with van der Waals surface area (Å²) in [5.41, 5.74) is 4.62. The average molecular weight is 405 g/mol. The lowest BCUT2D eigenvalue weighted by atomic mass is 10.1. The molecule has 0 radical (unpaired) electrons. The predicted octanol–water partition coefficient (Wildman–Crippen LogP) is 2.05. The molecule has 0 aliphatic carbocycles. The summed E-state index contributed by atoms with van der Waals surface area (Å²) < 4.78 is 11.2. The topological polar surface area (TPSA) is 75.2 Å². The fourth-order valence-corrected chi connectivity index (χ4v) is 3.37. The standard InChI is InChI=1S/C20H28N4O3S/c1-15(22-23-20(28)21-13-18-5-4-12-26-18)16-6-8-17(9-7-16)27-14-19(25)24-10-2-3-11-24/h6-9,18H,2-5,10-14H2,1H3,(H2,21,23,28). The first-order valence-corrected chi connectivity index (χ1v) is 10.2. The number of amides is 1. The Morgan fingerprint density at radius 2 is 2.04 bits per heavy atom. The number of benzene rings is 1. The van der Waals surface area contributed by atoms with Gasteiger partial charge >= 0.3 is 0 Å². The summed E-state index contributed by atoms with van der Waals surface area (Å²) in [5.74, 6) is 0.721. The molecule has 0 aromatic heterocycles. The monoisotopic (exact) mass is 404 g/mol. The van der Waals surface area contributed by atoms with Gasteiger partial charge in [-0.3, -0.25) is 10.2 Å². The maximum absolute atomic E-state index is 12.0. The molecule has 3 rings (SSSR count). The lowest BCUT2D eigenvalue weighted by molar-refractivity contribution is -0.132. The zero-order valence-corrected chi connectivity index (χ0v) is 17.1. The van der Waals surface area contributed by atoms with Crippen molar-refractivity contribution in [3.63, 3.8) is 0 Å². The van der Waals surface area contributed by atoms with Crippen molar-refractivity contribution < 1.29 is 14.3 Å². The first-order chi connectivity index (χ1) is 13.6. The van der Waals surface area contributed by atoms with E-state index >= 15 is 0 Å². The Hall–Kier alpha value is -2.19. The van der Waals surface area contributed by atoms with E-state index in [-0.39, 0.29) is 18.6 Å². The second-order valence-electron chi connectivity index (χ2n) is 7.06. The number of carbonyl (C=O) groups is 1. The number of hydrogen-bond acceptors (Lipinski definition) is 5. The summed E-state index contributed by atoms with van der Waals surface area (Å²) in [6.45, 7) is 5.20. The van der Waals surface area contributed by atoms with Crippen LogP contribution < -0.4 is 15.5 Å². The minimum atomic E-state index is 0.0486. The average Bonchev–Trinajstić information content (AvgIpc) is 3.43. The molecule has 0 saturated carbocycles. The molecule has 1 amide bonds. The minimum absolute atomic E-state index is 0.0486. The number of rotatable bonds is 7. The predicted molar refractivity (Wildman–Crippen MR) is 113 cm³/mol. The number of thiocarbonyl (C=S) groups is 1. The molecule has 2 aliphatic rings. The Bertz CT molecular complexity index is 696. The first kappa shape index (κ1) is 20.5. The molecular formula is C20H28N4O3S. The number of carbonyl (C=O) groups excluding carboxylic acids is 1. The van der Waals surface area contributed by atoms with Gasteiger partial charge in [-0.2, -0.15) is 5.10 Å². The summed E-state index contributed by atoms with van der Waals surface area (Å²) in [7, 11) is 0. The van der Waals surface area contributed by atoms with Crippen LogP contribution in [-0.4, -0.2) is 60.6 Å². The second kappa shape index (κ2) is 10.4. The summed E-state index contributed by atoms with van der Waals surface area (Å²) in [6, 6.07) is 7.53. The Balaban J connectivity index is 1.41. The van der Waals surface area contributed by atoms with E-state index in [1.165, 1.54) is 0 Å². The van der Waals surface area contributed by atoms with Crippen LogP contribution in [0.3, 0.4) is 0 Å². The van der Waals surface area contributed by atoms with Gasteiger partial charge in [0.15, 0.2) is 11.7 Å². The third kappa shape index (κ3) is 6.17. The molecule has 0 spiro atoms. The van der Waals surface area contributed by atoms with E-state index in [2.05, 4.69) is 15.8 Å². The SMILES string of the molecule is CC(=NNC(=S)NCC1CCCO1)c1ccc(OCC(=O)N2CCCC2)cc1. The smallest absolute Gasteiger partial charge is 0.260 e. The highest BCUT2D eigenvalue weighted by Crippen LogP contribution is 2.14. The summed E-state index contributed by atoms with van der Waals surface area (Å²) >= 11 is 5.24. The molecule has 1 aromatic carbocycles. The molecule has 2 heterocycles.